The number of hydrogen-bond acceptors (Lipinski definition) is 4. The molecule has 0 radical (unpaired) electrons. The number of nitro benzene ring substituents is 1. The lowest BCUT2D eigenvalue weighted by Crippen LogP contribution is -2.42. The van der Waals surface area contributed by atoms with Gasteiger partial charge in [-0.05, 0) is 25.8 Å². The number of nitro groups is 1. The van der Waals surface area contributed by atoms with E-state index in [1.54, 1.807) is 0 Å². The molecule has 1 aromatic carbocycles. The monoisotopic (exact) mass is 318 g/mol. The number of benzene rings is 1. The van der Waals surface area contributed by atoms with Crippen molar-refractivity contribution in [3.05, 3.63) is 33.3 Å². The second-order valence-corrected chi connectivity index (χ2v) is 7.10. The molecular weight excluding hydrogens is 304 g/mol. The zero-order chi connectivity index (χ0) is 14.9. The summed E-state index contributed by atoms with van der Waals surface area (Å²) >= 11 is 5.91. The van der Waals surface area contributed by atoms with Crippen molar-refractivity contribution in [2.45, 2.75) is 37.1 Å². The number of piperidine rings is 1. The standard InChI is InChI=1S/C12H15ClN2O4S/c1-9-4-2-3-7-14(9)20(18,19)12-6-5-10(15(16)17)8-11(12)13/h5-6,8-9H,2-4,7H2,1H3. The molecule has 6 nitrogen and oxygen atoms in total. The molecule has 1 atom stereocenters. The van der Waals surface area contributed by atoms with Crippen LogP contribution < -0.4 is 0 Å². The molecule has 0 aliphatic carbocycles. The molecule has 0 aromatic heterocycles. The van der Waals surface area contributed by atoms with Gasteiger partial charge in [0.25, 0.3) is 5.69 Å². The molecule has 1 fully saturated rings. The van der Waals surface area contributed by atoms with Gasteiger partial charge in [-0.1, -0.05) is 18.0 Å². The number of non-ortho nitro benzene ring substituents is 1. The van der Waals surface area contributed by atoms with Crippen LogP contribution in [0.2, 0.25) is 5.02 Å². The molecule has 20 heavy (non-hydrogen) atoms. The van der Waals surface area contributed by atoms with Crippen molar-refractivity contribution in [1.82, 2.24) is 4.31 Å². The van der Waals surface area contributed by atoms with Crippen LogP contribution in [-0.2, 0) is 10.0 Å². The highest BCUT2D eigenvalue weighted by Crippen LogP contribution is 2.31. The van der Waals surface area contributed by atoms with E-state index in [0.717, 1.165) is 31.4 Å². The molecule has 1 heterocycles. The molecule has 1 aliphatic heterocycles. The first-order chi connectivity index (χ1) is 9.34. The molecule has 2 rings (SSSR count). The Morgan fingerprint density at radius 3 is 2.65 bits per heavy atom. The topological polar surface area (TPSA) is 80.5 Å². The molecule has 0 bridgehead atoms. The maximum Gasteiger partial charge on any atom is 0.271 e. The third-order valence-corrected chi connectivity index (χ3v) is 5.95. The van der Waals surface area contributed by atoms with Gasteiger partial charge in [0.2, 0.25) is 10.0 Å². The van der Waals surface area contributed by atoms with Gasteiger partial charge in [-0.2, -0.15) is 4.31 Å². The van der Waals surface area contributed by atoms with Crippen LogP contribution in [0.15, 0.2) is 23.1 Å². The Bertz CT molecular complexity index is 632. The third kappa shape index (κ3) is 2.79. The molecule has 0 N–H and O–H groups in total. The summed E-state index contributed by atoms with van der Waals surface area (Å²) in [6.07, 6.45) is 2.62. The zero-order valence-electron chi connectivity index (χ0n) is 11.0. The van der Waals surface area contributed by atoms with Crippen LogP contribution in [0.25, 0.3) is 0 Å². The molecule has 0 saturated carbocycles. The van der Waals surface area contributed by atoms with Gasteiger partial charge in [0, 0.05) is 24.7 Å². The minimum absolute atomic E-state index is 0.0708. The van der Waals surface area contributed by atoms with Gasteiger partial charge in [-0.3, -0.25) is 10.1 Å². The Balaban J connectivity index is 2.41. The molecule has 8 heteroatoms. The Morgan fingerprint density at radius 2 is 2.10 bits per heavy atom. The van der Waals surface area contributed by atoms with Gasteiger partial charge >= 0.3 is 0 Å². The van der Waals surface area contributed by atoms with Gasteiger partial charge in [-0.15, -0.1) is 0 Å². The minimum atomic E-state index is -3.71. The van der Waals surface area contributed by atoms with Crippen molar-refractivity contribution in [1.29, 1.82) is 0 Å². The molecule has 110 valence electrons. The molecule has 1 unspecified atom stereocenters. The van der Waals surface area contributed by atoms with Crippen LogP contribution in [-0.4, -0.2) is 30.2 Å². The largest absolute Gasteiger partial charge is 0.271 e. The lowest BCUT2D eigenvalue weighted by atomic mass is 10.1. The average molecular weight is 319 g/mol. The van der Waals surface area contributed by atoms with Crippen molar-refractivity contribution in [3.63, 3.8) is 0 Å². The fourth-order valence-corrected chi connectivity index (χ4v) is 4.58. The minimum Gasteiger partial charge on any atom is -0.258 e. The smallest absolute Gasteiger partial charge is 0.258 e. The Morgan fingerprint density at radius 1 is 1.40 bits per heavy atom. The maximum absolute atomic E-state index is 12.6. The first kappa shape index (κ1) is 15.2. The molecule has 0 spiro atoms. The predicted octanol–water partition coefficient (Wildman–Crippen LogP) is 2.81. The molecular formula is C12H15ClN2O4S. The summed E-state index contributed by atoms with van der Waals surface area (Å²) < 4.78 is 26.6. The normalized spacial score (nSPS) is 20.8. The maximum atomic E-state index is 12.6. The Kier molecular flexibility index (Phi) is 4.31. The SMILES string of the molecule is CC1CCCCN1S(=O)(=O)c1ccc([N+](=O)[O-])cc1Cl. The van der Waals surface area contributed by atoms with Gasteiger partial charge in [0.1, 0.15) is 4.90 Å². The third-order valence-electron chi connectivity index (χ3n) is 3.45. The summed E-state index contributed by atoms with van der Waals surface area (Å²) in [6.45, 7) is 2.31. The van der Waals surface area contributed by atoms with E-state index in [2.05, 4.69) is 0 Å². The van der Waals surface area contributed by atoms with Crippen LogP contribution in [0.1, 0.15) is 26.2 Å². The first-order valence-corrected chi connectivity index (χ1v) is 8.11. The number of sulfonamides is 1. The van der Waals surface area contributed by atoms with Crippen LogP contribution in [0.3, 0.4) is 0 Å². The Labute approximate surface area is 122 Å². The van der Waals surface area contributed by atoms with E-state index < -0.39 is 14.9 Å². The summed E-state index contributed by atoms with van der Waals surface area (Å²) in [7, 11) is -3.71. The summed E-state index contributed by atoms with van der Waals surface area (Å²) in [4.78, 5) is 9.98. The van der Waals surface area contributed by atoms with Crippen LogP contribution in [0, 0.1) is 10.1 Å². The first-order valence-electron chi connectivity index (χ1n) is 6.30. The highest BCUT2D eigenvalue weighted by molar-refractivity contribution is 7.89. The molecule has 1 saturated heterocycles. The second-order valence-electron chi connectivity index (χ2n) is 4.83. The lowest BCUT2D eigenvalue weighted by Gasteiger charge is -2.32. The summed E-state index contributed by atoms with van der Waals surface area (Å²) in [5.41, 5.74) is -0.222. The van der Waals surface area contributed by atoms with Gasteiger partial charge < -0.3 is 0 Å². The molecule has 1 aliphatic rings. The number of nitrogens with zero attached hydrogens (tertiary/aromatic N) is 2. The van der Waals surface area contributed by atoms with Crippen LogP contribution in [0.4, 0.5) is 5.69 Å². The average Bonchev–Trinajstić information content (AvgIpc) is 2.38. The van der Waals surface area contributed by atoms with E-state index in [0.29, 0.717) is 6.54 Å². The molecule has 0 amide bonds. The van der Waals surface area contributed by atoms with E-state index in [1.807, 2.05) is 6.92 Å². The van der Waals surface area contributed by atoms with E-state index >= 15 is 0 Å². The Hall–Kier alpha value is -1.18. The fraction of sp³-hybridized carbons (Fsp3) is 0.500. The van der Waals surface area contributed by atoms with Gasteiger partial charge in [-0.25, -0.2) is 8.42 Å². The zero-order valence-corrected chi connectivity index (χ0v) is 12.5. The highest BCUT2D eigenvalue weighted by Gasteiger charge is 2.32. The summed E-state index contributed by atoms with van der Waals surface area (Å²) in [6, 6.07) is 3.35. The summed E-state index contributed by atoms with van der Waals surface area (Å²) in [5, 5.41) is 10.5. The van der Waals surface area contributed by atoms with E-state index in [4.69, 9.17) is 11.6 Å². The number of rotatable bonds is 3. The predicted molar refractivity (Wildman–Crippen MR) is 75.3 cm³/mol. The van der Waals surface area contributed by atoms with E-state index in [9.17, 15) is 18.5 Å². The highest BCUT2D eigenvalue weighted by atomic mass is 35.5. The van der Waals surface area contributed by atoms with Crippen LogP contribution >= 0.6 is 11.6 Å². The van der Waals surface area contributed by atoms with E-state index in [-0.39, 0.29) is 21.6 Å². The van der Waals surface area contributed by atoms with Crippen molar-refractivity contribution in [2.24, 2.45) is 0 Å². The molecule has 1 aromatic rings. The van der Waals surface area contributed by atoms with Crippen molar-refractivity contribution >= 4 is 27.3 Å². The van der Waals surface area contributed by atoms with Crippen molar-refractivity contribution < 1.29 is 13.3 Å². The second kappa shape index (κ2) is 5.67. The van der Waals surface area contributed by atoms with Gasteiger partial charge in [0.15, 0.2) is 0 Å². The van der Waals surface area contributed by atoms with Gasteiger partial charge in [0.05, 0.1) is 9.95 Å². The quantitative estimate of drug-likeness (QED) is 0.634. The van der Waals surface area contributed by atoms with E-state index in [1.165, 1.54) is 10.4 Å². The summed E-state index contributed by atoms with van der Waals surface area (Å²) in [5.74, 6) is 0. The van der Waals surface area contributed by atoms with Crippen molar-refractivity contribution in [2.75, 3.05) is 6.54 Å². The fourth-order valence-electron chi connectivity index (χ4n) is 2.37. The van der Waals surface area contributed by atoms with Crippen molar-refractivity contribution in [3.8, 4) is 0 Å². The lowest BCUT2D eigenvalue weighted by molar-refractivity contribution is -0.384. The number of halogens is 1. The van der Waals surface area contributed by atoms with Crippen LogP contribution in [0.5, 0.6) is 0 Å². The number of hydrogen-bond donors (Lipinski definition) is 0.